The highest BCUT2D eigenvalue weighted by molar-refractivity contribution is 7.92. The van der Waals surface area contributed by atoms with Crippen molar-refractivity contribution in [3.05, 3.63) is 60.8 Å². The minimum atomic E-state index is -3.65. The van der Waals surface area contributed by atoms with E-state index in [0.717, 1.165) is 44.0 Å². The molecule has 2 aromatic rings. The predicted octanol–water partition coefficient (Wildman–Crippen LogP) is 3.31. The average molecular weight is 401 g/mol. The van der Waals surface area contributed by atoms with Gasteiger partial charge in [0.25, 0.3) is 10.0 Å². The fourth-order valence-electron chi connectivity index (χ4n) is 3.23. The van der Waals surface area contributed by atoms with Crippen LogP contribution in [0.15, 0.2) is 60.1 Å². The molecule has 0 unspecified atom stereocenters. The van der Waals surface area contributed by atoms with Gasteiger partial charge in [-0.25, -0.2) is 13.4 Å². The molecule has 2 heterocycles. The average Bonchev–Trinajstić information content (AvgIpc) is 2.69. The van der Waals surface area contributed by atoms with Gasteiger partial charge in [0.1, 0.15) is 5.82 Å². The smallest absolute Gasteiger partial charge is 0.263 e. The number of hydrogen-bond acceptors (Lipinski definition) is 5. The van der Waals surface area contributed by atoms with Crippen LogP contribution in [0.5, 0.6) is 0 Å². The van der Waals surface area contributed by atoms with E-state index in [1.807, 2.05) is 24.3 Å². The van der Waals surface area contributed by atoms with Gasteiger partial charge in [-0.15, -0.1) is 6.58 Å². The molecule has 3 rings (SSSR count). The molecule has 1 aromatic carbocycles. The van der Waals surface area contributed by atoms with Gasteiger partial charge in [-0.05, 0) is 35.7 Å². The second-order valence-electron chi connectivity index (χ2n) is 7.31. The molecule has 7 heteroatoms. The molecule has 1 fully saturated rings. The standard InChI is InChI=1S/C21H28N4O2S/c1-4-11-24-12-14-25(15-13-24)19-7-10-21(22-16-19)23-28(26,27)20-8-5-18(6-9-20)17(2)3/h4-10,16-17H,1,11-15H2,2-3H3,(H,22,23). The maximum Gasteiger partial charge on any atom is 0.263 e. The van der Waals surface area contributed by atoms with E-state index in [1.54, 1.807) is 24.4 Å². The molecule has 0 aliphatic carbocycles. The Bertz CT molecular complexity index is 885. The van der Waals surface area contributed by atoms with E-state index in [4.69, 9.17) is 0 Å². The highest BCUT2D eigenvalue weighted by Crippen LogP contribution is 2.21. The van der Waals surface area contributed by atoms with Gasteiger partial charge in [-0.2, -0.15) is 0 Å². The Morgan fingerprint density at radius 2 is 1.79 bits per heavy atom. The van der Waals surface area contributed by atoms with Gasteiger partial charge in [0, 0.05) is 32.7 Å². The van der Waals surface area contributed by atoms with Gasteiger partial charge in [0.15, 0.2) is 0 Å². The Labute approximate surface area is 167 Å². The number of pyridine rings is 1. The molecule has 0 atom stereocenters. The Morgan fingerprint density at radius 3 is 2.32 bits per heavy atom. The van der Waals surface area contributed by atoms with Gasteiger partial charge < -0.3 is 4.90 Å². The van der Waals surface area contributed by atoms with E-state index in [2.05, 4.69) is 39.9 Å². The summed E-state index contributed by atoms with van der Waals surface area (Å²) in [6.07, 6.45) is 3.65. The second-order valence-corrected chi connectivity index (χ2v) is 8.99. The van der Waals surface area contributed by atoms with Crippen LogP contribution in [0, 0.1) is 0 Å². The zero-order chi connectivity index (χ0) is 20.1. The van der Waals surface area contributed by atoms with Gasteiger partial charge in [0.05, 0.1) is 16.8 Å². The summed E-state index contributed by atoms with van der Waals surface area (Å²) in [6, 6.07) is 10.6. The van der Waals surface area contributed by atoms with E-state index in [0.29, 0.717) is 11.7 Å². The van der Waals surface area contributed by atoms with Crippen LogP contribution >= 0.6 is 0 Å². The van der Waals surface area contributed by atoms with E-state index < -0.39 is 10.0 Å². The normalized spacial score (nSPS) is 15.6. The lowest BCUT2D eigenvalue weighted by Crippen LogP contribution is -2.46. The summed E-state index contributed by atoms with van der Waals surface area (Å²) >= 11 is 0. The molecule has 150 valence electrons. The monoisotopic (exact) mass is 400 g/mol. The number of aromatic nitrogens is 1. The van der Waals surface area contributed by atoms with Crippen LogP contribution in [-0.4, -0.2) is 51.0 Å². The fourth-order valence-corrected chi connectivity index (χ4v) is 4.24. The maximum absolute atomic E-state index is 12.6. The third-order valence-corrected chi connectivity index (χ3v) is 6.34. The number of benzene rings is 1. The Morgan fingerprint density at radius 1 is 1.11 bits per heavy atom. The molecule has 28 heavy (non-hydrogen) atoms. The zero-order valence-corrected chi connectivity index (χ0v) is 17.3. The summed E-state index contributed by atoms with van der Waals surface area (Å²) in [5.74, 6) is 0.680. The molecule has 0 saturated carbocycles. The molecule has 0 amide bonds. The molecular weight excluding hydrogens is 372 g/mol. The molecule has 0 bridgehead atoms. The minimum Gasteiger partial charge on any atom is -0.368 e. The number of rotatable bonds is 7. The van der Waals surface area contributed by atoms with Gasteiger partial charge in [-0.3, -0.25) is 9.62 Å². The third-order valence-electron chi connectivity index (χ3n) is 4.97. The van der Waals surface area contributed by atoms with E-state index in [9.17, 15) is 8.42 Å². The highest BCUT2D eigenvalue weighted by Gasteiger charge is 2.18. The summed E-state index contributed by atoms with van der Waals surface area (Å²) < 4.78 is 27.7. The number of piperazine rings is 1. The summed E-state index contributed by atoms with van der Waals surface area (Å²) in [4.78, 5) is 9.15. The fraction of sp³-hybridized carbons (Fsp3) is 0.381. The topological polar surface area (TPSA) is 65.5 Å². The maximum atomic E-state index is 12.6. The first kappa shape index (κ1) is 20.4. The number of nitrogens with zero attached hydrogens (tertiary/aromatic N) is 3. The molecule has 1 aromatic heterocycles. The van der Waals surface area contributed by atoms with Crippen LogP contribution in [0.4, 0.5) is 11.5 Å². The van der Waals surface area contributed by atoms with Crippen LogP contribution in [0.2, 0.25) is 0 Å². The minimum absolute atomic E-state index is 0.237. The molecule has 6 nitrogen and oxygen atoms in total. The van der Waals surface area contributed by atoms with Gasteiger partial charge >= 0.3 is 0 Å². The van der Waals surface area contributed by atoms with Crippen molar-refractivity contribution < 1.29 is 8.42 Å². The molecular formula is C21H28N4O2S. The van der Waals surface area contributed by atoms with Crippen molar-refractivity contribution in [3.8, 4) is 0 Å². The zero-order valence-electron chi connectivity index (χ0n) is 16.5. The van der Waals surface area contributed by atoms with Crippen molar-refractivity contribution in [3.63, 3.8) is 0 Å². The lowest BCUT2D eigenvalue weighted by molar-refractivity contribution is 0.284. The molecule has 0 spiro atoms. The van der Waals surface area contributed by atoms with Crippen molar-refractivity contribution in [2.45, 2.75) is 24.7 Å². The molecule has 1 saturated heterocycles. The lowest BCUT2D eigenvalue weighted by Gasteiger charge is -2.35. The van der Waals surface area contributed by atoms with Crippen molar-refractivity contribution >= 4 is 21.5 Å². The Kier molecular flexibility index (Phi) is 6.36. The van der Waals surface area contributed by atoms with E-state index in [-0.39, 0.29) is 4.90 Å². The first-order valence-electron chi connectivity index (χ1n) is 9.56. The summed E-state index contributed by atoms with van der Waals surface area (Å²) in [6.45, 7) is 12.6. The van der Waals surface area contributed by atoms with Crippen LogP contribution < -0.4 is 9.62 Å². The number of anilines is 2. The number of sulfonamides is 1. The lowest BCUT2D eigenvalue weighted by atomic mass is 10.0. The van der Waals surface area contributed by atoms with Crippen molar-refractivity contribution in [2.24, 2.45) is 0 Å². The Hall–Kier alpha value is -2.38. The summed E-state index contributed by atoms with van der Waals surface area (Å²) in [7, 11) is -3.65. The van der Waals surface area contributed by atoms with Gasteiger partial charge in [0.2, 0.25) is 0 Å². The van der Waals surface area contributed by atoms with Crippen LogP contribution in [-0.2, 0) is 10.0 Å². The predicted molar refractivity (Wildman–Crippen MR) is 114 cm³/mol. The first-order chi connectivity index (χ1) is 13.4. The molecule has 1 aliphatic rings. The van der Waals surface area contributed by atoms with Crippen LogP contribution in [0.1, 0.15) is 25.3 Å². The van der Waals surface area contributed by atoms with Gasteiger partial charge in [-0.1, -0.05) is 32.1 Å². The van der Waals surface area contributed by atoms with E-state index in [1.165, 1.54) is 0 Å². The van der Waals surface area contributed by atoms with Crippen LogP contribution in [0.25, 0.3) is 0 Å². The second kappa shape index (κ2) is 8.75. The molecule has 1 N–H and O–H groups in total. The SMILES string of the molecule is C=CCN1CCN(c2ccc(NS(=O)(=O)c3ccc(C(C)C)cc3)nc2)CC1. The highest BCUT2D eigenvalue weighted by atomic mass is 32.2. The number of hydrogen-bond donors (Lipinski definition) is 1. The molecule has 1 aliphatic heterocycles. The van der Waals surface area contributed by atoms with Crippen LogP contribution in [0.3, 0.4) is 0 Å². The first-order valence-corrected chi connectivity index (χ1v) is 11.0. The summed E-state index contributed by atoms with van der Waals surface area (Å²) in [5.41, 5.74) is 2.11. The number of nitrogens with one attached hydrogen (secondary N) is 1. The third kappa shape index (κ3) is 4.91. The van der Waals surface area contributed by atoms with Crippen molar-refractivity contribution in [1.29, 1.82) is 0 Å². The van der Waals surface area contributed by atoms with E-state index >= 15 is 0 Å². The molecule has 0 radical (unpaired) electrons. The largest absolute Gasteiger partial charge is 0.368 e. The quantitative estimate of drug-likeness (QED) is 0.723. The summed E-state index contributed by atoms with van der Waals surface area (Å²) in [5, 5.41) is 0. The van der Waals surface area contributed by atoms with Crippen molar-refractivity contribution in [1.82, 2.24) is 9.88 Å². The van der Waals surface area contributed by atoms with Crippen molar-refractivity contribution in [2.75, 3.05) is 42.3 Å². The Balaban J connectivity index is 1.64.